The summed E-state index contributed by atoms with van der Waals surface area (Å²) < 4.78 is 5.96. The van der Waals surface area contributed by atoms with Crippen molar-refractivity contribution in [2.24, 2.45) is 0 Å². The Labute approximate surface area is 87.9 Å². The van der Waals surface area contributed by atoms with Gasteiger partial charge in [-0.25, -0.2) is 0 Å². The third kappa shape index (κ3) is 1.36. The highest BCUT2D eigenvalue weighted by molar-refractivity contribution is 9.10. The molecule has 0 atom stereocenters. The molecule has 1 aromatic heterocycles. The molecule has 0 aliphatic heterocycles. The fourth-order valence-electron chi connectivity index (χ4n) is 1.10. The second-order valence-corrected chi connectivity index (χ2v) is 3.68. The molecule has 4 heteroatoms. The van der Waals surface area contributed by atoms with Crippen LogP contribution in [0.25, 0.3) is 11.0 Å². The van der Waals surface area contributed by atoms with Crippen LogP contribution in [-0.2, 0) is 0 Å². The topological polar surface area (TPSA) is 33.4 Å². The number of aromatic hydroxyl groups is 1. The zero-order chi connectivity index (χ0) is 9.42. The zero-order valence-corrected chi connectivity index (χ0v) is 8.85. The van der Waals surface area contributed by atoms with Crippen molar-refractivity contribution < 1.29 is 9.52 Å². The average molecular weight is 257 g/mol. The molecule has 2 nitrogen and oxygen atoms in total. The molecule has 13 heavy (non-hydrogen) atoms. The van der Waals surface area contributed by atoms with Gasteiger partial charge in [0.05, 0.1) is 4.51 Å². The molecule has 0 aliphatic rings. The molecular weight excluding hydrogens is 252 g/mol. The van der Waals surface area contributed by atoms with Crippen LogP contribution >= 0.6 is 28.1 Å². The van der Waals surface area contributed by atoms with Crippen molar-refractivity contribution in [1.29, 1.82) is 0 Å². The number of halogens is 1. The van der Waals surface area contributed by atoms with E-state index in [4.69, 9.17) is 16.6 Å². The predicted molar refractivity (Wildman–Crippen MR) is 56.4 cm³/mol. The standard InChI is InChI=1S/C9H5BrO2S/c10-9-7(11)8(13)5-3-1-2-4-6(5)12-9/h1-4,11H. The van der Waals surface area contributed by atoms with E-state index in [2.05, 4.69) is 15.9 Å². The van der Waals surface area contributed by atoms with E-state index in [1.165, 1.54) is 0 Å². The summed E-state index contributed by atoms with van der Waals surface area (Å²) in [6.07, 6.45) is 0. The minimum Gasteiger partial charge on any atom is -0.503 e. The summed E-state index contributed by atoms with van der Waals surface area (Å²) in [7, 11) is 0. The summed E-state index contributed by atoms with van der Waals surface area (Å²) in [4.78, 5) is 0. The molecular formula is C9H5BrO2S. The summed E-state index contributed by atoms with van der Waals surface area (Å²) >= 11 is 8.13. The van der Waals surface area contributed by atoms with E-state index in [1.54, 1.807) is 6.07 Å². The molecule has 2 aromatic rings. The summed E-state index contributed by atoms with van der Waals surface area (Å²) in [5.41, 5.74) is 0.664. The lowest BCUT2D eigenvalue weighted by molar-refractivity contribution is 0.432. The van der Waals surface area contributed by atoms with Crippen molar-refractivity contribution >= 4 is 39.1 Å². The number of hydrogen-bond donors (Lipinski definition) is 1. The van der Waals surface area contributed by atoms with Crippen LogP contribution in [0.1, 0.15) is 0 Å². The van der Waals surface area contributed by atoms with Crippen LogP contribution in [-0.4, -0.2) is 5.11 Å². The maximum atomic E-state index is 9.46. The van der Waals surface area contributed by atoms with E-state index in [-0.39, 0.29) is 10.4 Å². The van der Waals surface area contributed by atoms with Crippen LogP contribution in [0.5, 0.6) is 5.75 Å². The molecule has 0 saturated heterocycles. The number of rotatable bonds is 0. The summed E-state index contributed by atoms with van der Waals surface area (Å²) in [5, 5.41) is 10.2. The fraction of sp³-hybridized carbons (Fsp3) is 0. The molecule has 0 fully saturated rings. The first-order valence-electron chi connectivity index (χ1n) is 3.60. The van der Waals surface area contributed by atoms with Gasteiger partial charge < -0.3 is 9.52 Å². The zero-order valence-electron chi connectivity index (χ0n) is 6.45. The molecule has 0 spiro atoms. The van der Waals surface area contributed by atoms with Crippen molar-refractivity contribution in [1.82, 2.24) is 0 Å². The molecule has 2 rings (SSSR count). The van der Waals surface area contributed by atoms with Crippen LogP contribution in [0, 0.1) is 4.51 Å². The van der Waals surface area contributed by atoms with E-state index in [0.717, 1.165) is 5.39 Å². The number of benzene rings is 1. The van der Waals surface area contributed by atoms with E-state index >= 15 is 0 Å². The third-order valence-electron chi connectivity index (χ3n) is 1.73. The van der Waals surface area contributed by atoms with Gasteiger partial charge >= 0.3 is 0 Å². The van der Waals surface area contributed by atoms with Crippen molar-refractivity contribution in [2.45, 2.75) is 0 Å². The molecule has 0 amide bonds. The van der Waals surface area contributed by atoms with Crippen LogP contribution < -0.4 is 0 Å². The van der Waals surface area contributed by atoms with E-state index in [0.29, 0.717) is 10.1 Å². The van der Waals surface area contributed by atoms with Crippen molar-refractivity contribution in [2.75, 3.05) is 0 Å². The number of hydrogen-bond acceptors (Lipinski definition) is 3. The van der Waals surface area contributed by atoms with E-state index < -0.39 is 0 Å². The average Bonchev–Trinajstić information content (AvgIpc) is 2.15. The lowest BCUT2D eigenvalue weighted by atomic mass is 10.2. The highest BCUT2D eigenvalue weighted by Gasteiger charge is 2.06. The Kier molecular flexibility index (Phi) is 2.09. The highest BCUT2D eigenvalue weighted by Crippen LogP contribution is 2.31. The molecule has 1 heterocycles. The SMILES string of the molecule is Oc1c(Br)oc2ccccc2c1=S. The smallest absolute Gasteiger partial charge is 0.212 e. The minimum atomic E-state index is -0.0197. The lowest BCUT2D eigenvalue weighted by Crippen LogP contribution is -1.76. The second-order valence-electron chi connectivity index (χ2n) is 2.55. The molecule has 0 aliphatic carbocycles. The Balaban J connectivity index is 3.03. The summed E-state index contributed by atoms with van der Waals surface area (Å²) in [6, 6.07) is 7.31. The van der Waals surface area contributed by atoms with Crippen LogP contribution in [0.15, 0.2) is 33.4 Å². The lowest BCUT2D eigenvalue weighted by Gasteiger charge is -2.00. The van der Waals surface area contributed by atoms with Gasteiger partial charge in [-0.15, -0.1) is 0 Å². The maximum Gasteiger partial charge on any atom is 0.212 e. The van der Waals surface area contributed by atoms with Crippen molar-refractivity contribution in [3.63, 3.8) is 0 Å². The minimum absolute atomic E-state index is 0.0197. The predicted octanol–water partition coefficient (Wildman–Crippen LogP) is 3.63. The van der Waals surface area contributed by atoms with Crippen molar-refractivity contribution in [3.8, 4) is 5.75 Å². The molecule has 0 radical (unpaired) electrons. The number of para-hydroxylation sites is 1. The van der Waals surface area contributed by atoms with E-state index in [9.17, 15) is 5.11 Å². The monoisotopic (exact) mass is 256 g/mol. The summed E-state index contributed by atoms with van der Waals surface area (Å²) in [5.74, 6) is -0.0197. The largest absolute Gasteiger partial charge is 0.503 e. The van der Waals surface area contributed by atoms with Gasteiger partial charge in [-0.2, -0.15) is 0 Å². The normalized spacial score (nSPS) is 10.5. The Bertz CT molecular complexity index is 518. The van der Waals surface area contributed by atoms with Gasteiger partial charge in [0.1, 0.15) is 5.58 Å². The molecule has 0 saturated carbocycles. The van der Waals surface area contributed by atoms with E-state index in [1.807, 2.05) is 18.2 Å². The molecule has 66 valence electrons. The van der Waals surface area contributed by atoms with Gasteiger partial charge in [0.2, 0.25) is 4.67 Å². The molecule has 0 unspecified atom stereocenters. The Morgan fingerprint density at radius 2 is 2.00 bits per heavy atom. The molecule has 0 bridgehead atoms. The van der Waals surface area contributed by atoms with Gasteiger partial charge in [-0.05, 0) is 28.1 Å². The van der Waals surface area contributed by atoms with Gasteiger partial charge in [-0.3, -0.25) is 0 Å². The maximum absolute atomic E-state index is 9.46. The quantitative estimate of drug-likeness (QED) is 0.731. The van der Waals surface area contributed by atoms with Gasteiger partial charge in [-0.1, -0.05) is 24.4 Å². The third-order valence-corrected chi connectivity index (χ3v) is 2.68. The fourth-order valence-corrected chi connectivity index (χ4v) is 1.87. The van der Waals surface area contributed by atoms with Crippen LogP contribution in [0.2, 0.25) is 0 Å². The van der Waals surface area contributed by atoms with Crippen LogP contribution in [0.4, 0.5) is 0 Å². The Morgan fingerprint density at radius 1 is 1.31 bits per heavy atom. The summed E-state index contributed by atoms with van der Waals surface area (Å²) in [6.45, 7) is 0. The van der Waals surface area contributed by atoms with Gasteiger partial charge in [0.15, 0.2) is 5.75 Å². The second kappa shape index (κ2) is 3.12. The van der Waals surface area contributed by atoms with Crippen molar-refractivity contribution in [3.05, 3.63) is 33.4 Å². The highest BCUT2D eigenvalue weighted by atomic mass is 79.9. The Morgan fingerprint density at radius 3 is 2.77 bits per heavy atom. The first kappa shape index (κ1) is 8.72. The number of fused-ring (bicyclic) bond motifs is 1. The van der Waals surface area contributed by atoms with Gasteiger partial charge in [0.25, 0.3) is 0 Å². The van der Waals surface area contributed by atoms with Crippen LogP contribution in [0.3, 0.4) is 0 Å². The first-order chi connectivity index (χ1) is 6.20. The molecule has 1 aromatic carbocycles. The van der Waals surface area contributed by atoms with Gasteiger partial charge in [0, 0.05) is 5.39 Å². The molecule has 1 N–H and O–H groups in total. The Hall–Kier alpha value is -0.870. The first-order valence-corrected chi connectivity index (χ1v) is 4.80.